The molecule has 14 rings (SSSR count). The van der Waals surface area contributed by atoms with Crippen LogP contribution in [0.1, 0.15) is 210 Å². The number of benzene rings is 5. The lowest BCUT2D eigenvalue weighted by Gasteiger charge is -2.47. The number of rotatable bonds is 28. The maximum Gasteiger partial charge on any atom is 0.183 e. The number of anilines is 5. The third kappa shape index (κ3) is 26.4. The first-order chi connectivity index (χ1) is 59.0. The molecule has 1 saturated carbocycles. The Morgan fingerprint density at radius 3 is 1.10 bits per heavy atom. The molecule has 22 heteroatoms. The van der Waals surface area contributed by atoms with Crippen LogP contribution in [0.4, 0.5) is 28.4 Å². The zero-order valence-electron chi connectivity index (χ0n) is 77.1. The second-order valence-electron chi connectivity index (χ2n) is 36.9. The molecule has 1 aliphatic carbocycles. The molecule has 0 spiro atoms. The van der Waals surface area contributed by atoms with Gasteiger partial charge in [-0.15, -0.1) is 6.58 Å². The largest absolute Gasteiger partial charge is 0.375 e. The number of likely N-dealkylation sites (N-methyl/N-ethyl adjacent to an activating group) is 1. The SMILES string of the molecule is C=CCC(C)(C(=O)c1ccc(N2CCNCC2)cc1)N1CCNCC1.CC(C)(C(=O)c1ccc(N2CCCNCC2)cc1)N1CCCCCC1.CC(C)(C(=O)c1ccc(N2CCNCC2)cc1)N1CCNCC1.CCCCN(C)c1ccc(C(=O)C(C)(C)N(C)CCCC)cc1.O=C(c1ccc(N2CCNCC2)cc1)C1(N2CCNCC2)CCCCC1. The smallest absolute Gasteiger partial charge is 0.183 e. The van der Waals surface area contributed by atoms with Crippen LogP contribution in [0.15, 0.2) is 134 Å². The van der Waals surface area contributed by atoms with Gasteiger partial charge in [0.25, 0.3) is 0 Å². The Morgan fingerprint density at radius 1 is 0.361 bits per heavy atom. The van der Waals surface area contributed by atoms with Crippen molar-refractivity contribution in [3.8, 4) is 0 Å². The van der Waals surface area contributed by atoms with Crippen LogP contribution >= 0.6 is 0 Å². The Kier molecular flexibility index (Phi) is 38.5. The van der Waals surface area contributed by atoms with Crippen molar-refractivity contribution in [1.82, 2.24) is 61.7 Å². The van der Waals surface area contributed by atoms with Gasteiger partial charge in [-0.25, -0.2) is 0 Å². The molecule has 9 aliphatic rings. The third-order valence-corrected chi connectivity index (χ3v) is 27.5. The summed E-state index contributed by atoms with van der Waals surface area (Å²) in [6.07, 6.45) is 19.0. The number of nitrogens with one attached hydrogen (secondary N) is 7. The van der Waals surface area contributed by atoms with Crippen LogP contribution in [0, 0.1) is 0 Å². The highest BCUT2D eigenvalue weighted by Crippen LogP contribution is 2.38. The van der Waals surface area contributed by atoms with Crippen LogP contribution in [0.25, 0.3) is 0 Å². The van der Waals surface area contributed by atoms with E-state index in [1.165, 1.54) is 92.6 Å². The first-order valence-corrected chi connectivity index (χ1v) is 47.2. The second-order valence-corrected chi connectivity index (χ2v) is 36.9. The molecule has 8 aliphatic heterocycles. The summed E-state index contributed by atoms with van der Waals surface area (Å²) in [5.74, 6) is 1.20. The summed E-state index contributed by atoms with van der Waals surface area (Å²) >= 11 is 0. The molecule has 5 aromatic rings. The van der Waals surface area contributed by atoms with Gasteiger partial charge in [0, 0.05) is 247 Å². The summed E-state index contributed by atoms with van der Waals surface area (Å²) in [5, 5.41) is 23.7. The summed E-state index contributed by atoms with van der Waals surface area (Å²) in [5.41, 5.74) is 8.08. The minimum Gasteiger partial charge on any atom is -0.375 e. The van der Waals surface area contributed by atoms with Crippen LogP contribution in [-0.2, 0) is 0 Å². The van der Waals surface area contributed by atoms with E-state index in [-0.39, 0.29) is 28.7 Å². The van der Waals surface area contributed by atoms with Gasteiger partial charge in [0.2, 0.25) is 0 Å². The highest BCUT2D eigenvalue weighted by molar-refractivity contribution is 6.06. The van der Waals surface area contributed by atoms with Crippen molar-refractivity contribution in [2.24, 2.45) is 0 Å². The maximum atomic E-state index is 13.6. The van der Waals surface area contributed by atoms with Crippen LogP contribution in [0.5, 0.6) is 0 Å². The van der Waals surface area contributed by atoms with E-state index in [9.17, 15) is 24.0 Å². The maximum absolute atomic E-state index is 13.6. The molecule has 1 unspecified atom stereocenters. The van der Waals surface area contributed by atoms with Gasteiger partial charge in [-0.2, -0.15) is 0 Å². The Morgan fingerprint density at radius 2 is 0.689 bits per heavy atom. The average Bonchev–Trinajstić information content (AvgIpc) is 0.803. The van der Waals surface area contributed by atoms with Crippen LogP contribution < -0.4 is 61.7 Å². The zero-order chi connectivity index (χ0) is 87.0. The standard InChI is InChI=1S/C21H32N4O.C21H33N3O.C20H30N4O.C20H34N2O.C18H28N4O/c26-20(18-4-6-19(7-5-18)24-14-10-22-11-15-24)21(8-2-1-3-9-21)25-16-12-23-13-17-25;1-21(2,24-15-5-3-4-6-16-24)20(25)18-8-10-19(11-9-18)23-14-7-12-22-13-17-23;1-3-8-20(2,24-15-11-22-12-16-24)19(25)17-4-6-18(7-5-17)23-13-9-21-10-14-23;1-7-9-15-21(5)18-13-11-17(12-14-18)19(23)20(3,4)22(6)16-10-8-2;1-18(2,22-13-9-20-10-14-22)17(23)15-3-5-16(6-4-15)21-11-7-19-8-12-21/h4-7,22-23H,1-3,8-17H2;8-11,22H,3-7,12-17H2,1-2H3;3-7,21-22H,1,8-16H2,2H3;11-14H,7-10,15-16H2,1-6H3;3-6,19-20H,7-14H2,1-2H3. The molecule has 0 amide bonds. The van der Waals surface area contributed by atoms with Gasteiger partial charge in [-0.3, -0.25) is 48.5 Å². The van der Waals surface area contributed by atoms with E-state index >= 15 is 0 Å². The molecule has 0 aromatic heterocycles. The summed E-state index contributed by atoms with van der Waals surface area (Å²) in [6.45, 7) is 54.7. The highest BCUT2D eigenvalue weighted by Gasteiger charge is 2.46. The Balaban J connectivity index is 0.000000160. The average molecular weight is 1680 g/mol. The van der Waals surface area contributed by atoms with Crippen molar-refractivity contribution >= 4 is 57.4 Å². The number of likely N-dealkylation sites (tertiary alicyclic amines) is 1. The fourth-order valence-electron chi connectivity index (χ4n) is 18.9. The fraction of sp³-hybridized carbons (Fsp3) is 0.630. The van der Waals surface area contributed by atoms with E-state index in [0.29, 0.717) is 12.2 Å². The molecular weight excluding hydrogens is 1520 g/mol. The third-order valence-electron chi connectivity index (χ3n) is 27.5. The van der Waals surface area contributed by atoms with Gasteiger partial charge >= 0.3 is 0 Å². The van der Waals surface area contributed by atoms with Gasteiger partial charge in [-0.05, 0) is 254 Å². The summed E-state index contributed by atoms with van der Waals surface area (Å²) in [7, 11) is 4.15. The molecular formula is C100H157N17O5. The summed E-state index contributed by atoms with van der Waals surface area (Å²) in [6, 6.07) is 41.1. The molecule has 22 nitrogen and oxygen atoms in total. The lowest BCUT2D eigenvalue weighted by atomic mass is 9.75. The molecule has 7 N–H and O–H groups in total. The second kappa shape index (κ2) is 48.4. The molecule has 122 heavy (non-hydrogen) atoms. The van der Waals surface area contributed by atoms with Gasteiger partial charge in [0.15, 0.2) is 28.9 Å². The molecule has 5 aromatic carbocycles. The monoisotopic (exact) mass is 1680 g/mol. The van der Waals surface area contributed by atoms with E-state index in [1.54, 1.807) is 0 Å². The Bertz CT molecular complexity index is 3930. The normalized spacial score (nSPS) is 20.0. The Hall–Kier alpha value is -7.29. The number of carbonyl (C=O) groups excluding carboxylic acids is 5. The molecule has 672 valence electrons. The van der Waals surface area contributed by atoms with Crippen molar-refractivity contribution in [2.75, 3.05) is 248 Å². The van der Waals surface area contributed by atoms with Gasteiger partial charge in [0.1, 0.15) is 0 Å². The van der Waals surface area contributed by atoms with Crippen LogP contribution in [0.2, 0.25) is 0 Å². The number of nitrogens with zero attached hydrogens (tertiary/aromatic N) is 10. The predicted molar refractivity (Wildman–Crippen MR) is 509 cm³/mol. The van der Waals surface area contributed by atoms with Gasteiger partial charge in [0.05, 0.1) is 27.7 Å². The van der Waals surface area contributed by atoms with E-state index in [4.69, 9.17) is 0 Å². The summed E-state index contributed by atoms with van der Waals surface area (Å²) < 4.78 is 0. The number of unbranched alkanes of at least 4 members (excludes halogenated alkanes) is 2. The minimum absolute atomic E-state index is 0.193. The van der Waals surface area contributed by atoms with Crippen molar-refractivity contribution in [1.29, 1.82) is 0 Å². The van der Waals surface area contributed by atoms with Crippen LogP contribution in [-0.4, -0.2) is 305 Å². The minimum atomic E-state index is -0.513. The zero-order valence-corrected chi connectivity index (χ0v) is 77.1. The van der Waals surface area contributed by atoms with Crippen molar-refractivity contribution in [3.63, 3.8) is 0 Å². The number of hydrogen-bond acceptors (Lipinski definition) is 22. The molecule has 0 bridgehead atoms. The number of piperazine rings is 6. The van der Waals surface area contributed by atoms with E-state index in [1.807, 2.05) is 89.3 Å². The first kappa shape index (κ1) is 96.9. The molecule has 8 saturated heterocycles. The van der Waals surface area contributed by atoms with E-state index in [2.05, 4.69) is 207 Å². The summed E-state index contributed by atoms with van der Waals surface area (Å²) in [4.78, 5) is 89.3. The van der Waals surface area contributed by atoms with Crippen molar-refractivity contribution < 1.29 is 24.0 Å². The van der Waals surface area contributed by atoms with Gasteiger partial charge < -0.3 is 61.7 Å². The lowest BCUT2D eigenvalue weighted by Crippen LogP contribution is -2.60. The first-order valence-electron chi connectivity index (χ1n) is 47.2. The van der Waals surface area contributed by atoms with E-state index < -0.39 is 22.2 Å². The highest BCUT2D eigenvalue weighted by atomic mass is 16.2. The number of carbonyl (C=O) groups is 5. The van der Waals surface area contributed by atoms with E-state index in [0.717, 1.165) is 263 Å². The molecule has 1 atom stereocenters. The number of hydrogen-bond donors (Lipinski definition) is 7. The molecule has 9 fully saturated rings. The van der Waals surface area contributed by atoms with Gasteiger partial charge in [-0.1, -0.05) is 64.9 Å². The molecule has 0 radical (unpaired) electrons. The van der Waals surface area contributed by atoms with Crippen LogP contribution in [0.3, 0.4) is 0 Å². The topological polar surface area (TPSA) is 202 Å². The molecule has 8 heterocycles. The number of Topliss-reactive ketones (excluding diaryl/α,β-unsaturated/α-hetero) is 5. The predicted octanol–water partition coefficient (Wildman–Crippen LogP) is 12.3. The fourth-order valence-corrected chi connectivity index (χ4v) is 18.9. The van der Waals surface area contributed by atoms with Crippen molar-refractivity contribution in [3.05, 3.63) is 162 Å². The quantitative estimate of drug-likeness (QED) is 0.0184. The number of ketones is 5. The lowest BCUT2D eigenvalue weighted by molar-refractivity contribution is 0.0323. The van der Waals surface area contributed by atoms with Crippen molar-refractivity contribution in [2.45, 2.75) is 186 Å². The Labute approximate surface area is 735 Å².